The number of rotatable bonds is 2. The first-order valence-corrected chi connectivity index (χ1v) is 8.05. The lowest BCUT2D eigenvalue weighted by molar-refractivity contribution is -0.122. The Bertz CT molecular complexity index is 920. The van der Waals surface area contributed by atoms with Crippen molar-refractivity contribution >= 4 is 52.8 Å². The molecule has 1 saturated heterocycles. The maximum absolute atomic E-state index is 12.7. The third-order valence-corrected chi connectivity index (χ3v) is 4.36. The summed E-state index contributed by atoms with van der Waals surface area (Å²) in [6.45, 7) is 1.81. The summed E-state index contributed by atoms with van der Waals surface area (Å²) < 4.78 is 0. The molecule has 0 radical (unpaired) electrons. The molecule has 25 heavy (non-hydrogen) atoms. The van der Waals surface area contributed by atoms with E-state index in [0.29, 0.717) is 15.6 Å². The molecule has 7 heteroatoms. The van der Waals surface area contributed by atoms with Gasteiger partial charge in [0.15, 0.2) is 0 Å². The van der Waals surface area contributed by atoms with Crippen LogP contribution in [0.4, 0.5) is 10.5 Å². The number of halogens is 2. The second-order valence-electron chi connectivity index (χ2n) is 5.44. The summed E-state index contributed by atoms with van der Waals surface area (Å²) in [4.78, 5) is 37.8. The molecule has 0 atom stereocenters. The number of barbiturate groups is 1. The highest BCUT2D eigenvalue weighted by atomic mass is 35.5. The highest BCUT2D eigenvalue weighted by Crippen LogP contribution is 2.26. The van der Waals surface area contributed by atoms with Crippen LogP contribution in [0.25, 0.3) is 6.08 Å². The molecule has 0 aromatic heterocycles. The third-order valence-electron chi connectivity index (χ3n) is 3.70. The lowest BCUT2D eigenvalue weighted by Crippen LogP contribution is -2.54. The van der Waals surface area contributed by atoms with E-state index < -0.39 is 17.8 Å². The molecule has 1 N–H and O–H groups in total. The molecule has 126 valence electrons. The Morgan fingerprint density at radius 1 is 1.00 bits per heavy atom. The Hall–Kier alpha value is -2.63. The molecule has 1 aliphatic heterocycles. The van der Waals surface area contributed by atoms with Crippen molar-refractivity contribution in [3.63, 3.8) is 0 Å². The molecule has 0 spiro atoms. The van der Waals surface area contributed by atoms with Gasteiger partial charge in [-0.05, 0) is 48.4 Å². The number of aryl methyl sites for hydroxylation is 1. The third kappa shape index (κ3) is 3.43. The van der Waals surface area contributed by atoms with Crippen molar-refractivity contribution in [3.8, 4) is 0 Å². The summed E-state index contributed by atoms with van der Waals surface area (Å²) in [5.41, 5.74) is 1.55. The summed E-state index contributed by atoms with van der Waals surface area (Å²) in [6.07, 6.45) is 1.41. The van der Waals surface area contributed by atoms with E-state index in [9.17, 15) is 14.4 Å². The van der Waals surface area contributed by atoms with Crippen LogP contribution in [0.15, 0.2) is 48.0 Å². The molecule has 2 aromatic carbocycles. The van der Waals surface area contributed by atoms with Gasteiger partial charge in [0, 0.05) is 10.0 Å². The molecule has 1 fully saturated rings. The lowest BCUT2D eigenvalue weighted by Gasteiger charge is -2.26. The molecule has 4 amide bonds. The average Bonchev–Trinajstić information content (AvgIpc) is 2.56. The predicted octanol–water partition coefficient (Wildman–Crippen LogP) is 3.97. The summed E-state index contributed by atoms with van der Waals surface area (Å²) in [5, 5.41) is 3.11. The molecular formula is C18H12Cl2N2O3. The summed E-state index contributed by atoms with van der Waals surface area (Å²) in [7, 11) is 0. The van der Waals surface area contributed by atoms with Crippen LogP contribution in [-0.2, 0) is 9.59 Å². The van der Waals surface area contributed by atoms with Crippen molar-refractivity contribution in [1.82, 2.24) is 5.32 Å². The highest BCUT2D eigenvalue weighted by molar-refractivity contribution is 6.39. The normalized spacial score (nSPS) is 16.4. The second-order valence-corrected chi connectivity index (χ2v) is 6.29. The van der Waals surface area contributed by atoms with Gasteiger partial charge in [-0.1, -0.05) is 41.4 Å². The first-order chi connectivity index (χ1) is 11.9. The monoisotopic (exact) mass is 374 g/mol. The van der Waals surface area contributed by atoms with Gasteiger partial charge in [0.1, 0.15) is 5.57 Å². The number of hydrogen-bond acceptors (Lipinski definition) is 3. The first kappa shape index (κ1) is 17.2. The Kier molecular flexibility index (Phi) is 4.61. The SMILES string of the molecule is Cc1ccc(N2C(=O)NC(=O)/C(=C/c3ccc(Cl)cc3)C2=O)cc1Cl. The second kappa shape index (κ2) is 6.70. The maximum Gasteiger partial charge on any atom is 0.335 e. The summed E-state index contributed by atoms with van der Waals surface area (Å²) in [5.74, 6) is -1.47. The fourth-order valence-corrected chi connectivity index (χ4v) is 2.64. The van der Waals surface area contributed by atoms with Crippen LogP contribution in [-0.4, -0.2) is 17.8 Å². The lowest BCUT2D eigenvalue weighted by atomic mass is 10.1. The van der Waals surface area contributed by atoms with E-state index in [-0.39, 0.29) is 11.3 Å². The number of hydrogen-bond donors (Lipinski definition) is 1. The molecule has 0 saturated carbocycles. The Morgan fingerprint density at radius 3 is 2.32 bits per heavy atom. The van der Waals surface area contributed by atoms with Crippen molar-refractivity contribution in [3.05, 3.63) is 69.2 Å². The zero-order valence-corrected chi connectivity index (χ0v) is 14.6. The molecule has 1 aliphatic rings. The standard InChI is InChI=1S/C18H12Cl2N2O3/c1-10-2-7-13(9-15(10)20)22-17(24)14(16(23)21-18(22)25)8-11-3-5-12(19)6-4-11/h2-9H,1H3,(H,21,23,25)/b14-8-. The van der Waals surface area contributed by atoms with Gasteiger partial charge in [0.25, 0.3) is 11.8 Å². The van der Waals surface area contributed by atoms with Gasteiger partial charge in [-0.25, -0.2) is 9.69 Å². The van der Waals surface area contributed by atoms with Crippen LogP contribution in [0, 0.1) is 6.92 Å². The number of anilines is 1. The van der Waals surface area contributed by atoms with Crippen molar-refractivity contribution in [2.75, 3.05) is 4.90 Å². The van der Waals surface area contributed by atoms with Crippen LogP contribution in [0.1, 0.15) is 11.1 Å². The fourth-order valence-electron chi connectivity index (χ4n) is 2.34. The zero-order valence-electron chi connectivity index (χ0n) is 13.0. The van der Waals surface area contributed by atoms with Gasteiger partial charge in [0.05, 0.1) is 5.69 Å². The molecule has 0 aliphatic carbocycles. The minimum atomic E-state index is -0.817. The Morgan fingerprint density at radius 2 is 1.68 bits per heavy atom. The number of amides is 4. The fraction of sp³-hybridized carbons (Fsp3) is 0.0556. The van der Waals surface area contributed by atoms with Crippen molar-refractivity contribution < 1.29 is 14.4 Å². The Balaban J connectivity index is 2.02. The van der Waals surface area contributed by atoms with E-state index in [4.69, 9.17) is 23.2 Å². The van der Waals surface area contributed by atoms with E-state index in [2.05, 4.69) is 5.32 Å². The van der Waals surface area contributed by atoms with Crippen LogP contribution in [0.5, 0.6) is 0 Å². The van der Waals surface area contributed by atoms with Crippen LogP contribution in [0.3, 0.4) is 0 Å². The number of benzene rings is 2. The van der Waals surface area contributed by atoms with Crippen LogP contribution >= 0.6 is 23.2 Å². The highest BCUT2D eigenvalue weighted by Gasteiger charge is 2.36. The molecule has 3 rings (SSSR count). The number of nitrogens with one attached hydrogen (secondary N) is 1. The van der Waals surface area contributed by atoms with Gasteiger partial charge in [0.2, 0.25) is 0 Å². The van der Waals surface area contributed by atoms with Crippen molar-refractivity contribution in [2.45, 2.75) is 6.92 Å². The number of nitrogens with zero attached hydrogens (tertiary/aromatic N) is 1. The number of urea groups is 1. The van der Waals surface area contributed by atoms with Crippen LogP contribution in [0.2, 0.25) is 10.0 Å². The summed E-state index contributed by atoms with van der Waals surface area (Å²) >= 11 is 11.9. The van der Waals surface area contributed by atoms with Crippen molar-refractivity contribution in [2.24, 2.45) is 0 Å². The van der Waals surface area contributed by atoms with Gasteiger partial charge in [-0.2, -0.15) is 0 Å². The molecular weight excluding hydrogens is 363 g/mol. The first-order valence-electron chi connectivity index (χ1n) is 7.30. The van der Waals surface area contributed by atoms with E-state index in [1.807, 2.05) is 0 Å². The smallest absolute Gasteiger partial charge is 0.273 e. The summed E-state index contributed by atoms with van der Waals surface area (Å²) in [6, 6.07) is 10.6. The van der Waals surface area contributed by atoms with E-state index in [1.165, 1.54) is 12.1 Å². The van der Waals surface area contributed by atoms with Gasteiger partial charge < -0.3 is 0 Å². The van der Waals surface area contributed by atoms with E-state index >= 15 is 0 Å². The zero-order chi connectivity index (χ0) is 18.1. The van der Waals surface area contributed by atoms with Crippen molar-refractivity contribution in [1.29, 1.82) is 0 Å². The minimum Gasteiger partial charge on any atom is -0.273 e. The van der Waals surface area contributed by atoms with Gasteiger partial charge in [-0.3, -0.25) is 14.9 Å². The molecule has 0 unspecified atom stereocenters. The average molecular weight is 375 g/mol. The molecule has 0 bridgehead atoms. The van der Waals surface area contributed by atoms with Gasteiger partial charge >= 0.3 is 6.03 Å². The number of carbonyl (C=O) groups is 3. The van der Waals surface area contributed by atoms with E-state index in [1.54, 1.807) is 43.3 Å². The Labute approximate surface area is 153 Å². The molecule has 5 nitrogen and oxygen atoms in total. The topological polar surface area (TPSA) is 66.5 Å². The minimum absolute atomic E-state index is 0.154. The quantitative estimate of drug-likeness (QED) is 0.638. The number of imide groups is 2. The van der Waals surface area contributed by atoms with Crippen LogP contribution < -0.4 is 10.2 Å². The molecule has 1 heterocycles. The van der Waals surface area contributed by atoms with Gasteiger partial charge in [-0.15, -0.1) is 0 Å². The largest absolute Gasteiger partial charge is 0.335 e. The maximum atomic E-state index is 12.7. The number of carbonyl (C=O) groups excluding carboxylic acids is 3. The molecule has 2 aromatic rings. The van der Waals surface area contributed by atoms with E-state index in [0.717, 1.165) is 10.5 Å². The predicted molar refractivity (Wildman–Crippen MR) is 96.6 cm³/mol.